The van der Waals surface area contributed by atoms with Crippen molar-refractivity contribution in [1.82, 2.24) is 15.3 Å². The molecule has 3 N–H and O–H groups in total. The number of hydrogen-bond donors (Lipinski definition) is 3. The molecule has 2 unspecified atom stereocenters. The van der Waals surface area contributed by atoms with E-state index >= 15 is 0 Å². The maximum absolute atomic E-state index is 11.0. The number of aliphatic carboxylic acids is 1. The zero-order valence-electron chi connectivity index (χ0n) is 17.1. The molecule has 3 aromatic rings. The molecule has 2 aromatic carbocycles. The number of benzene rings is 2. The molecule has 0 saturated heterocycles. The van der Waals surface area contributed by atoms with Crippen LogP contribution < -0.4 is 15.4 Å². The lowest BCUT2D eigenvalue weighted by molar-refractivity contribution is -0.138. The van der Waals surface area contributed by atoms with E-state index in [0.717, 1.165) is 16.9 Å². The smallest absolute Gasteiger partial charge is 0.320 e. The van der Waals surface area contributed by atoms with E-state index in [-0.39, 0.29) is 6.04 Å². The van der Waals surface area contributed by atoms with Gasteiger partial charge in [-0.3, -0.25) is 4.79 Å². The van der Waals surface area contributed by atoms with E-state index in [1.807, 2.05) is 61.5 Å². The van der Waals surface area contributed by atoms with Gasteiger partial charge in [0.05, 0.1) is 18.4 Å². The van der Waals surface area contributed by atoms with Gasteiger partial charge in [0.2, 0.25) is 5.95 Å². The Labute approximate surface area is 176 Å². The Morgan fingerprint density at radius 2 is 1.70 bits per heavy atom. The molecular weight excluding hydrogens is 380 g/mol. The lowest BCUT2D eigenvalue weighted by Gasteiger charge is -2.20. The van der Waals surface area contributed by atoms with Crippen molar-refractivity contribution in [2.45, 2.75) is 32.4 Å². The minimum absolute atomic E-state index is 0.0661. The van der Waals surface area contributed by atoms with Gasteiger partial charge in [-0.15, -0.1) is 0 Å². The first-order valence-corrected chi connectivity index (χ1v) is 9.85. The zero-order valence-corrected chi connectivity index (χ0v) is 17.1. The topological polar surface area (TPSA) is 96.4 Å². The van der Waals surface area contributed by atoms with Gasteiger partial charge in [0, 0.05) is 0 Å². The van der Waals surface area contributed by atoms with Crippen LogP contribution in [-0.2, 0) is 4.79 Å². The van der Waals surface area contributed by atoms with Crippen molar-refractivity contribution in [2.75, 3.05) is 11.9 Å². The molecule has 0 bridgehead atoms. The van der Waals surface area contributed by atoms with Gasteiger partial charge >= 0.3 is 5.97 Å². The molecule has 30 heavy (non-hydrogen) atoms. The summed E-state index contributed by atoms with van der Waals surface area (Å²) in [6, 6.07) is 17.0. The highest BCUT2D eigenvalue weighted by Crippen LogP contribution is 2.23. The maximum Gasteiger partial charge on any atom is 0.320 e. The largest absolute Gasteiger partial charge is 0.480 e. The van der Waals surface area contributed by atoms with Gasteiger partial charge in [0.15, 0.2) is 5.75 Å². The van der Waals surface area contributed by atoms with Crippen molar-refractivity contribution in [1.29, 1.82) is 0 Å². The van der Waals surface area contributed by atoms with E-state index in [2.05, 4.69) is 20.6 Å². The van der Waals surface area contributed by atoms with Gasteiger partial charge in [0.25, 0.3) is 0 Å². The second kappa shape index (κ2) is 10.4. The van der Waals surface area contributed by atoms with Gasteiger partial charge in [0.1, 0.15) is 11.8 Å². The fraction of sp³-hybridized carbons (Fsp3) is 0.261. The van der Waals surface area contributed by atoms with Crippen LogP contribution in [0.2, 0.25) is 0 Å². The van der Waals surface area contributed by atoms with Gasteiger partial charge in [-0.1, -0.05) is 48.0 Å². The number of carboxylic acids is 1. The standard InChI is InChI=1S/C23H26N4O3/c1-16-8-10-19(11-9-16)30-20-14-25-23(26-15-20)27-21(18-6-4-3-5-7-18)12-13-24-17(2)22(28)29/h3-11,14-15,17,21,24H,12-13H2,1-2H3,(H,28,29)(H,25,26,27). The van der Waals surface area contributed by atoms with Crippen LogP contribution in [0.4, 0.5) is 5.95 Å². The first-order valence-electron chi connectivity index (χ1n) is 9.85. The van der Waals surface area contributed by atoms with Crippen LogP contribution in [0.3, 0.4) is 0 Å². The van der Waals surface area contributed by atoms with Gasteiger partial charge < -0.3 is 20.5 Å². The summed E-state index contributed by atoms with van der Waals surface area (Å²) >= 11 is 0. The number of nitrogens with one attached hydrogen (secondary N) is 2. The monoisotopic (exact) mass is 406 g/mol. The number of carboxylic acid groups (broad SMARTS) is 1. The van der Waals surface area contributed by atoms with Crippen molar-refractivity contribution in [2.24, 2.45) is 0 Å². The number of nitrogens with zero attached hydrogens (tertiary/aromatic N) is 2. The lowest BCUT2D eigenvalue weighted by Crippen LogP contribution is -2.35. The number of hydrogen-bond acceptors (Lipinski definition) is 6. The predicted molar refractivity (Wildman–Crippen MR) is 116 cm³/mol. The molecule has 0 radical (unpaired) electrons. The van der Waals surface area contributed by atoms with Crippen LogP contribution in [0.1, 0.15) is 30.5 Å². The summed E-state index contributed by atoms with van der Waals surface area (Å²) in [5.41, 5.74) is 2.24. The quantitative estimate of drug-likeness (QED) is 0.465. The molecule has 0 saturated carbocycles. The summed E-state index contributed by atoms with van der Waals surface area (Å²) in [5, 5.41) is 15.4. The average Bonchev–Trinajstić information content (AvgIpc) is 2.76. The molecule has 0 fully saturated rings. The van der Waals surface area contributed by atoms with Crippen LogP contribution in [-0.4, -0.2) is 33.6 Å². The fourth-order valence-electron chi connectivity index (χ4n) is 2.88. The lowest BCUT2D eigenvalue weighted by atomic mass is 10.0. The van der Waals surface area contributed by atoms with E-state index in [4.69, 9.17) is 9.84 Å². The summed E-state index contributed by atoms with van der Waals surface area (Å²) in [4.78, 5) is 19.7. The Morgan fingerprint density at radius 3 is 2.33 bits per heavy atom. The highest BCUT2D eigenvalue weighted by Gasteiger charge is 2.15. The van der Waals surface area contributed by atoms with Crippen LogP contribution in [0.15, 0.2) is 67.0 Å². The van der Waals surface area contributed by atoms with Crippen molar-refractivity contribution >= 4 is 11.9 Å². The van der Waals surface area contributed by atoms with Gasteiger partial charge in [-0.2, -0.15) is 0 Å². The molecule has 0 aliphatic rings. The highest BCUT2D eigenvalue weighted by molar-refractivity contribution is 5.72. The van der Waals surface area contributed by atoms with E-state index in [9.17, 15) is 4.79 Å². The Bertz CT molecular complexity index is 931. The van der Waals surface area contributed by atoms with Crippen molar-refractivity contribution < 1.29 is 14.6 Å². The predicted octanol–water partition coefficient (Wildman–Crippen LogP) is 4.18. The molecule has 0 aliphatic heterocycles. The summed E-state index contributed by atoms with van der Waals surface area (Å²) in [6.07, 6.45) is 3.93. The summed E-state index contributed by atoms with van der Waals surface area (Å²) in [5.74, 6) is 0.890. The maximum atomic E-state index is 11.0. The Balaban J connectivity index is 1.64. The van der Waals surface area contributed by atoms with Crippen molar-refractivity contribution in [3.8, 4) is 11.5 Å². The highest BCUT2D eigenvalue weighted by atomic mass is 16.5. The third kappa shape index (κ3) is 6.28. The molecule has 156 valence electrons. The van der Waals surface area contributed by atoms with Crippen molar-refractivity contribution in [3.05, 3.63) is 78.1 Å². The van der Waals surface area contributed by atoms with Crippen LogP contribution in [0, 0.1) is 6.92 Å². The fourth-order valence-corrected chi connectivity index (χ4v) is 2.88. The summed E-state index contributed by atoms with van der Waals surface area (Å²) in [6.45, 7) is 4.19. The van der Waals surface area contributed by atoms with Gasteiger partial charge in [-0.25, -0.2) is 9.97 Å². The normalized spacial score (nSPS) is 12.7. The molecule has 0 spiro atoms. The molecule has 2 atom stereocenters. The zero-order chi connectivity index (χ0) is 21.3. The van der Waals surface area contributed by atoms with Crippen LogP contribution >= 0.6 is 0 Å². The number of aryl methyl sites for hydroxylation is 1. The van der Waals surface area contributed by atoms with Crippen LogP contribution in [0.5, 0.6) is 11.5 Å². The second-order valence-corrected chi connectivity index (χ2v) is 7.07. The van der Waals surface area contributed by atoms with E-state index in [1.165, 1.54) is 0 Å². The average molecular weight is 406 g/mol. The number of anilines is 1. The first kappa shape index (κ1) is 21.3. The molecule has 3 rings (SSSR count). The summed E-state index contributed by atoms with van der Waals surface area (Å²) in [7, 11) is 0. The minimum Gasteiger partial charge on any atom is -0.480 e. The number of aromatic nitrogens is 2. The Hall–Kier alpha value is -3.45. The molecule has 7 heteroatoms. The Kier molecular flexibility index (Phi) is 7.34. The first-order chi connectivity index (χ1) is 14.5. The molecule has 0 aliphatic carbocycles. The molecule has 7 nitrogen and oxygen atoms in total. The van der Waals surface area contributed by atoms with E-state index in [1.54, 1.807) is 19.3 Å². The molecular formula is C23H26N4O3. The number of rotatable bonds is 10. The number of carbonyl (C=O) groups is 1. The molecule has 1 aromatic heterocycles. The SMILES string of the molecule is Cc1ccc(Oc2cnc(NC(CCNC(C)C(=O)O)c3ccccc3)nc2)cc1. The summed E-state index contributed by atoms with van der Waals surface area (Å²) < 4.78 is 5.77. The van der Waals surface area contributed by atoms with Crippen molar-refractivity contribution in [3.63, 3.8) is 0 Å². The Morgan fingerprint density at radius 1 is 1.03 bits per heavy atom. The number of ether oxygens (including phenoxy) is 1. The minimum atomic E-state index is -0.869. The second-order valence-electron chi connectivity index (χ2n) is 7.07. The molecule has 1 heterocycles. The van der Waals surface area contributed by atoms with E-state index in [0.29, 0.717) is 24.7 Å². The van der Waals surface area contributed by atoms with Crippen LogP contribution in [0.25, 0.3) is 0 Å². The third-order valence-corrected chi connectivity index (χ3v) is 4.64. The third-order valence-electron chi connectivity index (χ3n) is 4.64. The van der Waals surface area contributed by atoms with Gasteiger partial charge in [-0.05, 0) is 44.5 Å². The van der Waals surface area contributed by atoms with E-state index < -0.39 is 12.0 Å². The molecule has 0 amide bonds.